The average Bonchev–Trinajstić information content (AvgIpc) is 3.16. The van der Waals surface area contributed by atoms with Crippen molar-refractivity contribution in [3.8, 4) is 11.4 Å². The van der Waals surface area contributed by atoms with Crippen LogP contribution in [0, 0.1) is 13.8 Å². The summed E-state index contributed by atoms with van der Waals surface area (Å²) >= 11 is 0. The molecule has 0 radical (unpaired) electrons. The Kier molecular flexibility index (Phi) is 6.65. The number of ether oxygens (including phenoxy) is 1. The highest BCUT2D eigenvalue weighted by Gasteiger charge is 2.24. The Morgan fingerprint density at radius 3 is 2.45 bits per heavy atom. The monoisotopic (exact) mass is 442 g/mol. The molecule has 0 bridgehead atoms. The summed E-state index contributed by atoms with van der Waals surface area (Å²) in [5.74, 6) is 0.853. The van der Waals surface area contributed by atoms with E-state index in [4.69, 9.17) is 4.74 Å². The molecule has 0 spiro atoms. The van der Waals surface area contributed by atoms with E-state index in [1.54, 1.807) is 18.3 Å². The summed E-state index contributed by atoms with van der Waals surface area (Å²) in [6.45, 7) is 3.71. The summed E-state index contributed by atoms with van der Waals surface area (Å²) in [5, 5.41) is 2.78. The van der Waals surface area contributed by atoms with Crippen LogP contribution < -0.4 is 14.4 Å². The highest BCUT2D eigenvalue weighted by Crippen LogP contribution is 2.30. The number of sulfonamides is 1. The predicted molar refractivity (Wildman–Crippen MR) is 120 cm³/mol. The molecule has 0 aliphatic heterocycles. The molecule has 0 saturated heterocycles. The van der Waals surface area contributed by atoms with Crippen LogP contribution in [0.1, 0.15) is 17.0 Å². The highest BCUT2D eigenvalue weighted by atomic mass is 32.2. The van der Waals surface area contributed by atoms with Crippen molar-refractivity contribution < 1.29 is 17.9 Å². The van der Waals surface area contributed by atoms with E-state index in [0.717, 1.165) is 33.2 Å². The summed E-state index contributed by atoms with van der Waals surface area (Å²) in [5.41, 5.74) is 3.06. The fourth-order valence-corrected chi connectivity index (χ4v) is 4.04. The molecule has 1 aromatic heterocycles. The molecular weight excluding hydrogens is 416 g/mol. The van der Waals surface area contributed by atoms with Gasteiger partial charge in [-0.3, -0.25) is 9.10 Å². The minimum atomic E-state index is -3.70. The first-order chi connectivity index (χ1) is 14.7. The Morgan fingerprint density at radius 2 is 1.87 bits per heavy atom. The maximum Gasteiger partial charge on any atom is 0.241 e. The number of nitrogens with one attached hydrogen (secondary N) is 1. The van der Waals surface area contributed by atoms with E-state index >= 15 is 0 Å². The Balaban J connectivity index is 1.70. The van der Waals surface area contributed by atoms with E-state index in [0.29, 0.717) is 11.4 Å². The van der Waals surface area contributed by atoms with E-state index in [9.17, 15) is 13.2 Å². The second-order valence-corrected chi connectivity index (χ2v) is 9.14. The second-order valence-electron chi connectivity index (χ2n) is 7.23. The Hall–Kier alpha value is -3.33. The minimum absolute atomic E-state index is 0.282. The van der Waals surface area contributed by atoms with Gasteiger partial charge in [-0.15, -0.1) is 0 Å². The average molecular weight is 443 g/mol. The van der Waals surface area contributed by atoms with E-state index < -0.39 is 15.9 Å². The minimum Gasteiger partial charge on any atom is -0.495 e. The second kappa shape index (κ2) is 9.22. The van der Waals surface area contributed by atoms with E-state index in [1.807, 2.05) is 54.9 Å². The molecule has 0 atom stereocenters. The maximum atomic E-state index is 12.6. The van der Waals surface area contributed by atoms with Crippen LogP contribution in [0.15, 0.2) is 54.9 Å². The Labute approximate surface area is 182 Å². The first-order valence-electron chi connectivity index (χ1n) is 9.67. The van der Waals surface area contributed by atoms with Gasteiger partial charge < -0.3 is 14.6 Å². The van der Waals surface area contributed by atoms with Crippen molar-refractivity contribution >= 4 is 21.6 Å². The van der Waals surface area contributed by atoms with Gasteiger partial charge in [0.1, 0.15) is 18.1 Å². The van der Waals surface area contributed by atoms with Crippen LogP contribution in [0.2, 0.25) is 0 Å². The molecule has 8 nitrogen and oxygen atoms in total. The maximum absolute atomic E-state index is 12.6. The molecule has 31 heavy (non-hydrogen) atoms. The molecule has 0 saturated carbocycles. The van der Waals surface area contributed by atoms with Crippen molar-refractivity contribution in [2.45, 2.75) is 20.4 Å². The smallest absolute Gasteiger partial charge is 0.241 e. The van der Waals surface area contributed by atoms with Gasteiger partial charge in [-0.05, 0) is 49.2 Å². The van der Waals surface area contributed by atoms with Gasteiger partial charge in [0.05, 0.1) is 19.1 Å². The topological polar surface area (TPSA) is 93.5 Å². The number of benzene rings is 2. The molecule has 0 aliphatic rings. The normalized spacial score (nSPS) is 11.2. The number of nitrogens with zero attached hydrogens (tertiary/aromatic N) is 3. The number of anilines is 1. The lowest BCUT2D eigenvalue weighted by atomic mass is 10.2. The van der Waals surface area contributed by atoms with Crippen LogP contribution in [0.25, 0.3) is 5.69 Å². The molecule has 0 unspecified atom stereocenters. The fraction of sp³-hybridized carbons (Fsp3) is 0.273. The Bertz CT molecular complexity index is 1170. The number of hydrogen-bond donors (Lipinski definition) is 1. The molecule has 1 N–H and O–H groups in total. The number of rotatable bonds is 8. The summed E-state index contributed by atoms with van der Waals surface area (Å²) in [6, 6.07) is 12.9. The van der Waals surface area contributed by atoms with Crippen molar-refractivity contribution in [2.75, 3.05) is 24.2 Å². The zero-order chi connectivity index (χ0) is 22.6. The highest BCUT2D eigenvalue weighted by molar-refractivity contribution is 7.92. The van der Waals surface area contributed by atoms with Gasteiger partial charge in [0.2, 0.25) is 15.9 Å². The predicted octanol–water partition coefficient (Wildman–Crippen LogP) is 2.58. The van der Waals surface area contributed by atoms with Gasteiger partial charge in [0.25, 0.3) is 0 Å². The third kappa shape index (κ3) is 5.43. The molecule has 0 fully saturated rings. The third-order valence-electron chi connectivity index (χ3n) is 4.82. The van der Waals surface area contributed by atoms with Gasteiger partial charge in [-0.2, -0.15) is 0 Å². The van der Waals surface area contributed by atoms with Crippen LogP contribution in [0.3, 0.4) is 0 Å². The number of aromatic nitrogens is 2. The lowest BCUT2D eigenvalue weighted by molar-refractivity contribution is -0.119. The summed E-state index contributed by atoms with van der Waals surface area (Å²) in [6.07, 6.45) is 4.69. The first-order valence-corrected chi connectivity index (χ1v) is 11.5. The van der Waals surface area contributed by atoms with E-state index in [2.05, 4.69) is 10.3 Å². The van der Waals surface area contributed by atoms with Crippen molar-refractivity contribution in [3.63, 3.8) is 0 Å². The van der Waals surface area contributed by atoms with Gasteiger partial charge >= 0.3 is 0 Å². The van der Waals surface area contributed by atoms with Gasteiger partial charge in [-0.25, -0.2) is 13.4 Å². The zero-order valence-corrected chi connectivity index (χ0v) is 18.8. The molecule has 164 valence electrons. The molecule has 3 rings (SSSR count). The summed E-state index contributed by atoms with van der Waals surface area (Å²) < 4.78 is 33.1. The fourth-order valence-electron chi connectivity index (χ4n) is 3.19. The molecular formula is C22H26N4O4S. The lowest BCUT2D eigenvalue weighted by Gasteiger charge is -2.24. The zero-order valence-electron chi connectivity index (χ0n) is 18.0. The molecule has 3 aromatic rings. The van der Waals surface area contributed by atoms with Gasteiger partial charge in [-0.1, -0.05) is 18.2 Å². The molecule has 0 aliphatic carbocycles. The van der Waals surface area contributed by atoms with Crippen LogP contribution >= 0.6 is 0 Å². The SMILES string of the molecule is COc1ccc(C)cc1N(CC(=O)NCc1ccc(-n2ccnc2C)cc1)S(C)(=O)=O. The van der Waals surface area contributed by atoms with Crippen molar-refractivity contribution in [3.05, 3.63) is 71.8 Å². The van der Waals surface area contributed by atoms with Gasteiger partial charge in [0.15, 0.2) is 0 Å². The van der Waals surface area contributed by atoms with Crippen LogP contribution in [-0.2, 0) is 21.4 Å². The van der Waals surface area contributed by atoms with Crippen molar-refractivity contribution in [1.82, 2.24) is 14.9 Å². The molecule has 9 heteroatoms. The molecule has 1 heterocycles. The molecule has 2 aromatic carbocycles. The number of aryl methyl sites for hydroxylation is 2. The largest absolute Gasteiger partial charge is 0.495 e. The van der Waals surface area contributed by atoms with Crippen LogP contribution in [-0.4, -0.2) is 43.8 Å². The number of carbonyl (C=O) groups excluding carboxylic acids is 1. The van der Waals surface area contributed by atoms with Crippen LogP contribution in [0.4, 0.5) is 5.69 Å². The van der Waals surface area contributed by atoms with E-state index in [1.165, 1.54) is 7.11 Å². The summed E-state index contributed by atoms with van der Waals surface area (Å²) in [7, 11) is -2.23. The summed E-state index contributed by atoms with van der Waals surface area (Å²) in [4.78, 5) is 16.8. The van der Waals surface area contributed by atoms with Crippen LogP contribution in [0.5, 0.6) is 5.75 Å². The number of imidazole rings is 1. The number of methoxy groups -OCH3 is 1. The number of carbonyl (C=O) groups is 1. The number of hydrogen-bond acceptors (Lipinski definition) is 5. The standard InChI is InChI=1S/C22H26N4O4S/c1-16-5-10-21(30-3)20(13-16)26(31(4,28)29)15-22(27)24-14-18-6-8-19(9-7-18)25-12-11-23-17(25)2/h5-13H,14-15H2,1-4H3,(H,24,27). The quantitative estimate of drug-likeness (QED) is 0.579. The van der Waals surface area contributed by atoms with E-state index in [-0.39, 0.29) is 13.1 Å². The van der Waals surface area contributed by atoms with Gasteiger partial charge in [0, 0.05) is 24.6 Å². The molecule has 1 amide bonds. The van der Waals surface area contributed by atoms with Crippen molar-refractivity contribution in [2.24, 2.45) is 0 Å². The van der Waals surface area contributed by atoms with Crippen molar-refractivity contribution in [1.29, 1.82) is 0 Å². The number of amides is 1. The Morgan fingerprint density at radius 1 is 1.16 bits per heavy atom. The first kappa shape index (κ1) is 22.4. The lowest BCUT2D eigenvalue weighted by Crippen LogP contribution is -2.40. The third-order valence-corrected chi connectivity index (χ3v) is 5.95.